The molecule has 0 amide bonds. The Morgan fingerprint density at radius 3 is 2.59 bits per heavy atom. The van der Waals surface area contributed by atoms with Gasteiger partial charge in [-0.05, 0) is 49.7 Å². The molecular weight excluding hydrogens is 420 g/mol. The van der Waals surface area contributed by atoms with Crippen LogP contribution in [0.5, 0.6) is 0 Å². The molecule has 2 aliphatic heterocycles. The van der Waals surface area contributed by atoms with Gasteiger partial charge in [0.1, 0.15) is 11.6 Å². The Bertz CT molecular complexity index is 1310. The van der Waals surface area contributed by atoms with E-state index in [1.54, 1.807) is 0 Å². The van der Waals surface area contributed by atoms with Crippen molar-refractivity contribution in [1.29, 1.82) is 0 Å². The Balaban J connectivity index is 1.34. The summed E-state index contributed by atoms with van der Waals surface area (Å²) in [6, 6.07) is 24.2. The Morgan fingerprint density at radius 2 is 1.79 bits per heavy atom. The highest BCUT2D eigenvalue weighted by Crippen LogP contribution is 2.37. The van der Waals surface area contributed by atoms with Crippen LogP contribution in [0.4, 0.5) is 11.6 Å². The number of aromatic nitrogens is 3. The van der Waals surface area contributed by atoms with Crippen LogP contribution in [-0.2, 0) is 0 Å². The third-order valence-electron chi connectivity index (χ3n) is 7.30. The highest BCUT2D eigenvalue weighted by molar-refractivity contribution is 5.91. The van der Waals surface area contributed by atoms with Gasteiger partial charge in [-0.25, -0.2) is 15.0 Å². The van der Waals surface area contributed by atoms with Crippen molar-refractivity contribution in [2.45, 2.75) is 38.4 Å². The van der Waals surface area contributed by atoms with Gasteiger partial charge in [0.2, 0.25) is 0 Å². The van der Waals surface area contributed by atoms with E-state index in [4.69, 9.17) is 9.97 Å². The molecule has 2 aromatic heterocycles. The lowest BCUT2D eigenvalue weighted by atomic mass is 10.1. The summed E-state index contributed by atoms with van der Waals surface area (Å²) in [6.07, 6.45) is 3.06. The molecule has 6 heteroatoms. The molecule has 0 spiro atoms. The van der Waals surface area contributed by atoms with Crippen molar-refractivity contribution in [2.24, 2.45) is 0 Å². The minimum Gasteiger partial charge on any atom is -0.364 e. The van der Waals surface area contributed by atoms with Crippen LogP contribution in [0, 0.1) is 0 Å². The van der Waals surface area contributed by atoms with Crippen LogP contribution < -0.4 is 10.2 Å². The van der Waals surface area contributed by atoms with E-state index in [0.29, 0.717) is 12.1 Å². The number of rotatable bonds is 6. The first-order chi connectivity index (χ1) is 16.7. The van der Waals surface area contributed by atoms with E-state index in [-0.39, 0.29) is 6.04 Å². The third-order valence-corrected chi connectivity index (χ3v) is 7.30. The van der Waals surface area contributed by atoms with E-state index in [0.717, 1.165) is 53.6 Å². The highest BCUT2D eigenvalue weighted by Gasteiger charge is 2.43. The first kappa shape index (κ1) is 21.1. The van der Waals surface area contributed by atoms with Crippen LogP contribution in [0.1, 0.15) is 31.9 Å². The normalized spacial score (nSPS) is 20.7. The number of para-hydroxylation sites is 1. The van der Waals surface area contributed by atoms with Gasteiger partial charge in [0.15, 0.2) is 5.82 Å². The van der Waals surface area contributed by atoms with Crippen LogP contribution in [0.3, 0.4) is 0 Å². The lowest BCUT2D eigenvalue weighted by molar-refractivity contribution is 0.251. The quantitative estimate of drug-likeness (QED) is 0.439. The summed E-state index contributed by atoms with van der Waals surface area (Å²) in [6.45, 7) is 7.69. The minimum atomic E-state index is 0.152. The van der Waals surface area contributed by atoms with Crippen molar-refractivity contribution in [3.8, 4) is 11.4 Å². The van der Waals surface area contributed by atoms with E-state index in [9.17, 15) is 0 Å². The monoisotopic (exact) mass is 450 g/mol. The SMILES string of the molecule is CCN1CC2CC1CN2c1nc(-c2ccnc(N[C@@H](C)c3ccccc3)c2)nc2ccccc12. The maximum atomic E-state index is 5.14. The van der Waals surface area contributed by atoms with Crippen LogP contribution in [-0.4, -0.2) is 51.6 Å². The van der Waals surface area contributed by atoms with Gasteiger partial charge in [-0.2, -0.15) is 0 Å². The largest absolute Gasteiger partial charge is 0.364 e. The Morgan fingerprint density at radius 1 is 0.971 bits per heavy atom. The number of piperazine rings is 1. The molecule has 0 aliphatic carbocycles. The van der Waals surface area contributed by atoms with Gasteiger partial charge in [0.25, 0.3) is 0 Å². The molecule has 0 radical (unpaired) electrons. The van der Waals surface area contributed by atoms with E-state index < -0.39 is 0 Å². The predicted molar refractivity (Wildman–Crippen MR) is 138 cm³/mol. The number of anilines is 2. The molecule has 2 bridgehead atoms. The second kappa shape index (κ2) is 8.69. The first-order valence-corrected chi connectivity index (χ1v) is 12.2. The average Bonchev–Trinajstić information content (AvgIpc) is 3.49. The van der Waals surface area contributed by atoms with Crippen molar-refractivity contribution in [3.05, 3.63) is 78.5 Å². The molecule has 2 unspecified atom stereocenters. The molecule has 2 aromatic carbocycles. The Hall–Kier alpha value is -3.51. The molecule has 2 saturated heterocycles. The van der Waals surface area contributed by atoms with E-state index >= 15 is 0 Å². The molecule has 2 fully saturated rings. The van der Waals surface area contributed by atoms with Gasteiger partial charge < -0.3 is 10.2 Å². The number of fused-ring (bicyclic) bond motifs is 3. The Kier molecular flexibility index (Phi) is 5.38. The van der Waals surface area contributed by atoms with Gasteiger partial charge in [-0.1, -0.05) is 49.4 Å². The number of nitrogens with one attached hydrogen (secondary N) is 1. The average molecular weight is 451 g/mol. The number of benzene rings is 2. The number of nitrogens with zero attached hydrogens (tertiary/aromatic N) is 5. The lowest BCUT2D eigenvalue weighted by Crippen LogP contribution is -2.46. The van der Waals surface area contributed by atoms with Crippen molar-refractivity contribution in [1.82, 2.24) is 19.9 Å². The number of pyridine rings is 1. The Labute approximate surface area is 200 Å². The zero-order valence-electron chi connectivity index (χ0n) is 19.7. The molecular formula is C28H30N6. The highest BCUT2D eigenvalue weighted by atomic mass is 15.4. The molecule has 34 heavy (non-hydrogen) atoms. The summed E-state index contributed by atoms with van der Waals surface area (Å²) in [5.41, 5.74) is 3.19. The second-order valence-electron chi connectivity index (χ2n) is 9.38. The molecule has 6 rings (SSSR count). The maximum Gasteiger partial charge on any atom is 0.162 e. The van der Waals surface area contributed by atoms with Crippen LogP contribution >= 0.6 is 0 Å². The predicted octanol–water partition coefficient (Wildman–Crippen LogP) is 5.15. The van der Waals surface area contributed by atoms with E-state index in [1.165, 1.54) is 12.0 Å². The first-order valence-electron chi connectivity index (χ1n) is 12.2. The molecule has 2 aliphatic rings. The second-order valence-corrected chi connectivity index (χ2v) is 9.38. The molecule has 3 atom stereocenters. The van der Waals surface area contributed by atoms with Crippen molar-refractivity contribution in [3.63, 3.8) is 0 Å². The van der Waals surface area contributed by atoms with Crippen LogP contribution in [0.15, 0.2) is 72.9 Å². The van der Waals surface area contributed by atoms with Gasteiger partial charge in [0.05, 0.1) is 5.52 Å². The third kappa shape index (κ3) is 3.78. The molecule has 4 heterocycles. The molecule has 0 saturated carbocycles. The maximum absolute atomic E-state index is 5.14. The van der Waals surface area contributed by atoms with Crippen molar-refractivity contribution < 1.29 is 0 Å². The van der Waals surface area contributed by atoms with E-state index in [1.807, 2.05) is 18.3 Å². The number of likely N-dealkylation sites (N-methyl/N-ethyl adjacent to an activating group) is 1. The van der Waals surface area contributed by atoms with E-state index in [2.05, 4.69) is 88.5 Å². The molecule has 6 nitrogen and oxygen atoms in total. The zero-order chi connectivity index (χ0) is 23.1. The molecule has 1 N–H and O–H groups in total. The van der Waals surface area contributed by atoms with Gasteiger partial charge in [-0.3, -0.25) is 4.90 Å². The standard InChI is InChI=1S/C28H30N6/c1-3-33-17-23-16-22(33)18-34(23)28-24-11-7-8-12-25(24)31-27(32-28)21-13-14-29-26(15-21)30-19(2)20-9-5-4-6-10-20/h4-15,19,22-23H,3,16-18H2,1-2H3,(H,29,30)/t19-,22?,23?/m0/s1. The van der Waals surface area contributed by atoms with Crippen LogP contribution in [0.25, 0.3) is 22.3 Å². The summed E-state index contributed by atoms with van der Waals surface area (Å²) in [5, 5.41) is 4.66. The summed E-state index contributed by atoms with van der Waals surface area (Å²) in [7, 11) is 0. The van der Waals surface area contributed by atoms with Crippen molar-refractivity contribution >= 4 is 22.5 Å². The minimum absolute atomic E-state index is 0.152. The summed E-state index contributed by atoms with van der Waals surface area (Å²) >= 11 is 0. The number of hydrogen-bond donors (Lipinski definition) is 1. The molecule has 172 valence electrons. The zero-order valence-corrected chi connectivity index (χ0v) is 19.7. The van der Waals surface area contributed by atoms with Crippen LogP contribution in [0.2, 0.25) is 0 Å². The van der Waals surface area contributed by atoms with Gasteiger partial charge in [-0.15, -0.1) is 0 Å². The van der Waals surface area contributed by atoms with Gasteiger partial charge >= 0.3 is 0 Å². The topological polar surface area (TPSA) is 57.2 Å². The fourth-order valence-corrected chi connectivity index (χ4v) is 5.50. The number of likely N-dealkylation sites (tertiary alicyclic amines) is 1. The lowest BCUT2D eigenvalue weighted by Gasteiger charge is -2.34. The summed E-state index contributed by atoms with van der Waals surface area (Å²) < 4.78 is 0. The fourth-order valence-electron chi connectivity index (χ4n) is 5.50. The summed E-state index contributed by atoms with van der Waals surface area (Å²) in [5.74, 6) is 2.64. The smallest absolute Gasteiger partial charge is 0.162 e. The number of hydrogen-bond acceptors (Lipinski definition) is 6. The molecule has 4 aromatic rings. The van der Waals surface area contributed by atoms with Gasteiger partial charge in [0, 0.05) is 48.4 Å². The fraction of sp³-hybridized carbons (Fsp3) is 0.321. The van der Waals surface area contributed by atoms with Crippen molar-refractivity contribution in [2.75, 3.05) is 29.9 Å². The summed E-state index contributed by atoms with van der Waals surface area (Å²) in [4.78, 5) is 19.8.